The number of benzene rings is 1. The Kier molecular flexibility index (Phi) is 4.61. The third-order valence-electron chi connectivity index (χ3n) is 2.12. The number of nitrogens with one attached hydrogen (secondary N) is 1. The zero-order valence-electron chi connectivity index (χ0n) is 8.54. The fourth-order valence-electron chi connectivity index (χ4n) is 1.35. The minimum Gasteiger partial charge on any atom is -0.389 e. The van der Waals surface area contributed by atoms with Gasteiger partial charge < -0.3 is 15.5 Å². The highest BCUT2D eigenvalue weighted by Gasteiger charge is 2.25. The first-order valence-corrected chi connectivity index (χ1v) is 5.00. The van der Waals surface area contributed by atoms with Crippen LogP contribution in [0.4, 0.5) is 8.78 Å². The third kappa shape index (κ3) is 2.89. The van der Waals surface area contributed by atoms with Gasteiger partial charge in [-0.2, -0.15) is 0 Å². The number of likely N-dealkylation sites (N-methyl/N-ethyl adjacent to an activating group) is 1. The average Bonchev–Trinajstić information content (AvgIpc) is 2.16. The summed E-state index contributed by atoms with van der Waals surface area (Å²) in [4.78, 5) is 0. The van der Waals surface area contributed by atoms with Crippen LogP contribution in [0, 0.1) is 11.6 Å². The maximum absolute atomic E-state index is 13.3. The highest BCUT2D eigenvalue weighted by Crippen LogP contribution is 2.26. The van der Waals surface area contributed by atoms with Crippen molar-refractivity contribution < 1.29 is 19.0 Å². The second kappa shape index (κ2) is 5.54. The van der Waals surface area contributed by atoms with Crippen LogP contribution in [0.15, 0.2) is 12.1 Å². The summed E-state index contributed by atoms with van der Waals surface area (Å²) >= 11 is 5.43. The molecule has 0 aliphatic rings. The Hall–Kier alpha value is -0.750. The van der Waals surface area contributed by atoms with Crippen LogP contribution in [0.5, 0.6) is 0 Å². The van der Waals surface area contributed by atoms with E-state index in [1.807, 2.05) is 0 Å². The second-order valence-corrected chi connectivity index (χ2v) is 3.79. The van der Waals surface area contributed by atoms with Gasteiger partial charge in [-0.3, -0.25) is 0 Å². The van der Waals surface area contributed by atoms with E-state index in [1.54, 1.807) is 7.05 Å². The Balaban J connectivity index is 3.03. The molecule has 0 spiro atoms. The fourth-order valence-corrected chi connectivity index (χ4v) is 1.54. The van der Waals surface area contributed by atoms with Gasteiger partial charge in [0.15, 0.2) is 0 Å². The average molecular weight is 252 g/mol. The van der Waals surface area contributed by atoms with Crippen molar-refractivity contribution in [1.29, 1.82) is 0 Å². The van der Waals surface area contributed by atoms with Crippen LogP contribution in [0.2, 0.25) is 5.02 Å². The lowest BCUT2D eigenvalue weighted by Gasteiger charge is -2.19. The first kappa shape index (κ1) is 13.3. The topological polar surface area (TPSA) is 52.5 Å². The minimum absolute atomic E-state index is 0.0165. The monoisotopic (exact) mass is 251 g/mol. The van der Waals surface area contributed by atoms with Crippen molar-refractivity contribution in [3.05, 3.63) is 34.4 Å². The molecule has 0 aromatic heterocycles. The smallest absolute Gasteiger partial charge is 0.133 e. The van der Waals surface area contributed by atoms with Crippen molar-refractivity contribution >= 4 is 11.6 Å². The fraction of sp³-hybridized carbons (Fsp3) is 0.400. The van der Waals surface area contributed by atoms with Gasteiger partial charge in [0.2, 0.25) is 0 Å². The molecule has 0 bridgehead atoms. The molecule has 1 rings (SSSR count). The van der Waals surface area contributed by atoms with Crippen molar-refractivity contribution in [3.8, 4) is 0 Å². The Morgan fingerprint density at radius 1 is 1.31 bits per heavy atom. The first-order valence-electron chi connectivity index (χ1n) is 4.62. The maximum Gasteiger partial charge on any atom is 0.133 e. The van der Waals surface area contributed by atoms with E-state index < -0.39 is 29.4 Å². The Morgan fingerprint density at radius 2 is 1.81 bits per heavy atom. The quantitative estimate of drug-likeness (QED) is 0.755. The summed E-state index contributed by atoms with van der Waals surface area (Å²) in [5.41, 5.74) is -0.577. The molecule has 0 fully saturated rings. The summed E-state index contributed by atoms with van der Waals surface area (Å²) in [6.07, 6.45) is -2.93. The largest absolute Gasteiger partial charge is 0.389 e. The molecule has 0 amide bonds. The molecule has 0 radical (unpaired) electrons. The molecule has 0 aliphatic carbocycles. The molecule has 0 saturated heterocycles. The van der Waals surface area contributed by atoms with Crippen LogP contribution in [0.1, 0.15) is 11.7 Å². The number of hydrogen-bond acceptors (Lipinski definition) is 3. The zero-order chi connectivity index (χ0) is 12.3. The molecule has 2 atom stereocenters. The van der Waals surface area contributed by atoms with E-state index in [9.17, 15) is 19.0 Å². The van der Waals surface area contributed by atoms with Gasteiger partial charge in [-0.25, -0.2) is 8.78 Å². The Bertz CT molecular complexity index is 353. The van der Waals surface area contributed by atoms with Crippen LogP contribution >= 0.6 is 11.6 Å². The summed E-state index contributed by atoms with van der Waals surface area (Å²) in [5.74, 6) is -1.96. The summed E-state index contributed by atoms with van der Waals surface area (Å²) in [7, 11) is 1.55. The maximum atomic E-state index is 13.3. The Morgan fingerprint density at radius 3 is 2.25 bits per heavy atom. The molecule has 90 valence electrons. The standard InChI is InChI=1S/C10H12ClF2NO2/c1-14-4-8(15)10(16)9-6(12)2-5(11)3-7(9)13/h2-3,8,10,14-16H,4H2,1H3. The van der Waals surface area contributed by atoms with Gasteiger partial charge in [-0.15, -0.1) is 0 Å². The van der Waals surface area contributed by atoms with E-state index in [4.69, 9.17) is 11.6 Å². The summed E-state index contributed by atoms with van der Waals surface area (Å²) in [5, 5.41) is 21.5. The van der Waals surface area contributed by atoms with E-state index in [0.29, 0.717) is 0 Å². The first-order chi connectivity index (χ1) is 7.47. The van der Waals surface area contributed by atoms with Gasteiger partial charge in [0.05, 0.1) is 11.7 Å². The van der Waals surface area contributed by atoms with Crippen LogP contribution in [0.25, 0.3) is 0 Å². The van der Waals surface area contributed by atoms with Crippen LogP contribution in [-0.2, 0) is 0 Å². The molecule has 1 aromatic rings. The highest BCUT2D eigenvalue weighted by molar-refractivity contribution is 6.30. The lowest BCUT2D eigenvalue weighted by atomic mass is 10.0. The molecule has 1 aromatic carbocycles. The van der Waals surface area contributed by atoms with Crippen LogP contribution < -0.4 is 5.32 Å². The molecule has 3 N–H and O–H groups in total. The molecule has 0 aliphatic heterocycles. The number of aliphatic hydroxyl groups is 2. The van der Waals surface area contributed by atoms with Crippen molar-refractivity contribution in [3.63, 3.8) is 0 Å². The summed E-state index contributed by atoms with van der Waals surface area (Å²) in [6, 6.07) is 1.77. The van der Waals surface area contributed by atoms with E-state index in [0.717, 1.165) is 12.1 Å². The van der Waals surface area contributed by atoms with Crippen LogP contribution in [-0.4, -0.2) is 29.9 Å². The number of rotatable bonds is 4. The van der Waals surface area contributed by atoms with Gasteiger partial charge >= 0.3 is 0 Å². The summed E-state index contributed by atoms with van der Waals surface area (Å²) < 4.78 is 26.7. The molecule has 6 heteroatoms. The van der Waals surface area contributed by atoms with E-state index in [2.05, 4.69) is 5.32 Å². The SMILES string of the molecule is CNCC(O)C(O)c1c(F)cc(Cl)cc1F. The molecule has 0 heterocycles. The van der Waals surface area contributed by atoms with Crippen molar-refractivity contribution in [1.82, 2.24) is 5.32 Å². The highest BCUT2D eigenvalue weighted by atomic mass is 35.5. The lowest BCUT2D eigenvalue weighted by molar-refractivity contribution is 0.0159. The zero-order valence-corrected chi connectivity index (χ0v) is 9.30. The van der Waals surface area contributed by atoms with Crippen LogP contribution in [0.3, 0.4) is 0 Å². The van der Waals surface area contributed by atoms with Gasteiger partial charge in [-0.1, -0.05) is 11.6 Å². The van der Waals surface area contributed by atoms with Gasteiger partial charge in [0.25, 0.3) is 0 Å². The normalized spacial score (nSPS) is 14.9. The predicted octanol–water partition coefficient (Wildman–Crippen LogP) is 1.23. The molecule has 2 unspecified atom stereocenters. The summed E-state index contributed by atoms with van der Waals surface area (Å²) in [6.45, 7) is 0.0165. The van der Waals surface area contributed by atoms with Crippen molar-refractivity contribution in [2.45, 2.75) is 12.2 Å². The molecular formula is C10H12ClF2NO2. The van der Waals surface area contributed by atoms with Crippen molar-refractivity contribution in [2.24, 2.45) is 0 Å². The van der Waals surface area contributed by atoms with E-state index >= 15 is 0 Å². The number of halogens is 3. The van der Waals surface area contributed by atoms with Gasteiger partial charge in [-0.05, 0) is 19.2 Å². The predicted molar refractivity (Wildman–Crippen MR) is 56.3 cm³/mol. The molecule has 3 nitrogen and oxygen atoms in total. The molecule has 16 heavy (non-hydrogen) atoms. The molecular weight excluding hydrogens is 240 g/mol. The van der Waals surface area contributed by atoms with Gasteiger partial charge in [0, 0.05) is 11.6 Å². The molecule has 0 saturated carbocycles. The lowest BCUT2D eigenvalue weighted by Crippen LogP contribution is -2.30. The minimum atomic E-state index is -1.63. The Labute approximate surface area is 96.7 Å². The second-order valence-electron chi connectivity index (χ2n) is 3.35. The third-order valence-corrected chi connectivity index (χ3v) is 2.34. The van der Waals surface area contributed by atoms with E-state index in [-0.39, 0.29) is 11.6 Å². The number of aliphatic hydroxyl groups excluding tert-OH is 2. The van der Waals surface area contributed by atoms with Gasteiger partial charge in [0.1, 0.15) is 17.7 Å². The van der Waals surface area contributed by atoms with Crippen molar-refractivity contribution in [2.75, 3.05) is 13.6 Å². The van der Waals surface area contributed by atoms with E-state index in [1.165, 1.54) is 0 Å². The number of hydrogen-bond donors (Lipinski definition) is 3.